The SMILES string of the molecule is Cc1ccc(N2C(=O)C(Nc3ccc(C)c(C)c3)=C(c3ccc(Cl)cc3)C2=O)cc1. The fraction of sp³-hybridized carbons (Fsp3) is 0.120. The number of hydrogen-bond acceptors (Lipinski definition) is 3. The van der Waals surface area contributed by atoms with Crippen molar-refractivity contribution >= 4 is 40.4 Å². The average molecular weight is 417 g/mol. The monoisotopic (exact) mass is 416 g/mol. The molecule has 0 saturated heterocycles. The number of anilines is 2. The van der Waals surface area contributed by atoms with Gasteiger partial charge in [-0.2, -0.15) is 0 Å². The summed E-state index contributed by atoms with van der Waals surface area (Å²) < 4.78 is 0. The molecule has 0 aliphatic carbocycles. The summed E-state index contributed by atoms with van der Waals surface area (Å²) in [7, 11) is 0. The van der Waals surface area contributed by atoms with Crippen LogP contribution in [0.3, 0.4) is 0 Å². The molecule has 3 aromatic carbocycles. The number of benzene rings is 3. The lowest BCUT2D eigenvalue weighted by Crippen LogP contribution is -2.32. The van der Waals surface area contributed by atoms with Crippen LogP contribution in [0.2, 0.25) is 5.02 Å². The molecule has 4 nitrogen and oxygen atoms in total. The zero-order valence-corrected chi connectivity index (χ0v) is 17.7. The van der Waals surface area contributed by atoms with Crippen molar-refractivity contribution < 1.29 is 9.59 Å². The predicted octanol–water partition coefficient (Wildman–Crippen LogP) is 5.66. The maximum Gasteiger partial charge on any atom is 0.282 e. The second-order valence-electron chi connectivity index (χ2n) is 7.46. The largest absolute Gasteiger partial charge is 0.350 e. The number of hydrogen-bond donors (Lipinski definition) is 1. The van der Waals surface area contributed by atoms with E-state index in [0.29, 0.717) is 21.8 Å². The third-order valence-corrected chi connectivity index (χ3v) is 5.54. The van der Waals surface area contributed by atoms with Crippen LogP contribution in [-0.4, -0.2) is 11.8 Å². The van der Waals surface area contributed by atoms with E-state index in [4.69, 9.17) is 11.6 Å². The van der Waals surface area contributed by atoms with Gasteiger partial charge in [0, 0.05) is 10.7 Å². The van der Waals surface area contributed by atoms with Crippen molar-refractivity contribution in [1.29, 1.82) is 0 Å². The first-order valence-corrected chi connectivity index (χ1v) is 10.0. The average Bonchev–Trinajstić information content (AvgIpc) is 2.96. The van der Waals surface area contributed by atoms with Crippen molar-refractivity contribution in [3.05, 3.63) is 99.7 Å². The van der Waals surface area contributed by atoms with Crippen molar-refractivity contribution in [2.45, 2.75) is 20.8 Å². The molecule has 0 radical (unpaired) electrons. The highest BCUT2D eigenvalue weighted by Crippen LogP contribution is 2.34. The fourth-order valence-corrected chi connectivity index (χ4v) is 3.55. The van der Waals surface area contributed by atoms with E-state index in [1.165, 1.54) is 4.90 Å². The van der Waals surface area contributed by atoms with Crippen LogP contribution >= 0.6 is 11.6 Å². The molecule has 2 amide bonds. The number of carbonyl (C=O) groups excluding carboxylic acids is 2. The summed E-state index contributed by atoms with van der Waals surface area (Å²) in [6, 6.07) is 20.1. The Bertz CT molecular complexity index is 1180. The lowest BCUT2D eigenvalue weighted by atomic mass is 10.0. The predicted molar refractivity (Wildman–Crippen MR) is 122 cm³/mol. The second kappa shape index (κ2) is 7.81. The van der Waals surface area contributed by atoms with Crippen molar-refractivity contribution in [2.24, 2.45) is 0 Å². The quantitative estimate of drug-likeness (QED) is 0.558. The summed E-state index contributed by atoms with van der Waals surface area (Å²) in [5.74, 6) is -0.746. The molecule has 30 heavy (non-hydrogen) atoms. The Morgan fingerprint density at radius 1 is 0.767 bits per heavy atom. The van der Waals surface area contributed by atoms with E-state index < -0.39 is 0 Å². The van der Waals surface area contributed by atoms with Gasteiger partial charge in [0.2, 0.25) is 0 Å². The molecule has 3 aromatic rings. The highest BCUT2D eigenvalue weighted by molar-refractivity contribution is 6.46. The van der Waals surface area contributed by atoms with Gasteiger partial charge in [0.25, 0.3) is 11.8 Å². The fourth-order valence-electron chi connectivity index (χ4n) is 3.42. The topological polar surface area (TPSA) is 49.4 Å². The van der Waals surface area contributed by atoms with Crippen LogP contribution in [0.1, 0.15) is 22.3 Å². The Kier molecular flexibility index (Phi) is 5.18. The number of carbonyl (C=O) groups is 2. The Morgan fingerprint density at radius 3 is 2.07 bits per heavy atom. The summed E-state index contributed by atoms with van der Waals surface area (Å²) in [5.41, 5.74) is 5.83. The van der Waals surface area contributed by atoms with Crippen LogP contribution in [0, 0.1) is 20.8 Å². The summed E-state index contributed by atoms with van der Waals surface area (Å²) in [4.78, 5) is 28.0. The Morgan fingerprint density at radius 2 is 1.43 bits per heavy atom. The van der Waals surface area contributed by atoms with Gasteiger partial charge in [-0.1, -0.05) is 47.5 Å². The molecule has 1 heterocycles. The van der Waals surface area contributed by atoms with Gasteiger partial charge in [-0.3, -0.25) is 9.59 Å². The Hall–Kier alpha value is -3.37. The number of nitrogens with one attached hydrogen (secondary N) is 1. The van der Waals surface area contributed by atoms with Crippen LogP contribution < -0.4 is 10.2 Å². The summed E-state index contributed by atoms with van der Waals surface area (Å²) in [6.07, 6.45) is 0. The Balaban J connectivity index is 1.82. The number of nitrogens with zero attached hydrogens (tertiary/aromatic N) is 1. The second-order valence-corrected chi connectivity index (χ2v) is 7.90. The van der Waals surface area contributed by atoms with Crippen molar-refractivity contribution in [1.82, 2.24) is 0 Å². The van der Waals surface area contributed by atoms with Gasteiger partial charge in [0.15, 0.2) is 0 Å². The maximum absolute atomic E-state index is 13.4. The van der Waals surface area contributed by atoms with E-state index >= 15 is 0 Å². The number of aryl methyl sites for hydroxylation is 3. The molecular formula is C25H21ClN2O2. The van der Waals surface area contributed by atoms with Crippen molar-refractivity contribution in [2.75, 3.05) is 10.2 Å². The molecule has 0 unspecified atom stereocenters. The first-order chi connectivity index (χ1) is 14.3. The summed E-state index contributed by atoms with van der Waals surface area (Å²) in [6.45, 7) is 6.00. The van der Waals surface area contributed by atoms with Gasteiger partial charge in [-0.25, -0.2) is 4.90 Å². The minimum absolute atomic E-state index is 0.256. The Labute approximate surface area is 180 Å². The molecule has 150 valence electrons. The highest BCUT2D eigenvalue weighted by atomic mass is 35.5. The van der Waals surface area contributed by atoms with Gasteiger partial charge in [0.1, 0.15) is 5.70 Å². The van der Waals surface area contributed by atoms with Crippen LogP contribution in [0.15, 0.2) is 72.4 Å². The van der Waals surface area contributed by atoms with Crippen LogP contribution in [0.5, 0.6) is 0 Å². The van der Waals surface area contributed by atoms with E-state index in [0.717, 1.165) is 22.4 Å². The van der Waals surface area contributed by atoms with Crippen LogP contribution in [-0.2, 0) is 9.59 Å². The van der Waals surface area contributed by atoms with Gasteiger partial charge < -0.3 is 5.32 Å². The molecule has 0 saturated carbocycles. The first kappa shape index (κ1) is 19.9. The number of amides is 2. The third kappa shape index (κ3) is 3.62. The minimum atomic E-state index is -0.382. The zero-order chi connectivity index (χ0) is 21.4. The zero-order valence-electron chi connectivity index (χ0n) is 17.0. The first-order valence-electron chi connectivity index (χ1n) is 9.65. The van der Waals surface area contributed by atoms with E-state index in [1.54, 1.807) is 36.4 Å². The van der Waals surface area contributed by atoms with Crippen LogP contribution in [0.25, 0.3) is 5.57 Å². The standard InChI is InChI=1S/C25H21ClN2O2/c1-15-4-12-21(13-5-15)28-24(29)22(18-7-9-19(26)10-8-18)23(25(28)30)27-20-11-6-16(2)17(3)14-20/h4-14,27H,1-3H3. The van der Waals surface area contributed by atoms with Crippen LogP contribution in [0.4, 0.5) is 11.4 Å². The molecule has 0 spiro atoms. The van der Waals surface area contributed by atoms with Crippen molar-refractivity contribution in [3.63, 3.8) is 0 Å². The van der Waals surface area contributed by atoms with E-state index in [-0.39, 0.29) is 17.5 Å². The molecule has 1 aliphatic rings. The molecule has 0 aromatic heterocycles. The molecule has 0 atom stereocenters. The van der Waals surface area contributed by atoms with Crippen molar-refractivity contribution in [3.8, 4) is 0 Å². The van der Waals surface area contributed by atoms with Gasteiger partial charge in [-0.05, 0) is 73.9 Å². The summed E-state index contributed by atoms with van der Waals surface area (Å²) >= 11 is 6.03. The van der Waals surface area contributed by atoms with Gasteiger partial charge in [0.05, 0.1) is 11.3 Å². The lowest BCUT2D eigenvalue weighted by Gasteiger charge is -2.16. The molecule has 4 rings (SSSR count). The van der Waals surface area contributed by atoms with Gasteiger partial charge in [-0.15, -0.1) is 0 Å². The highest BCUT2D eigenvalue weighted by Gasteiger charge is 2.40. The normalized spacial score (nSPS) is 13.9. The van der Waals surface area contributed by atoms with E-state index in [1.807, 2.05) is 51.1 Å². The number of halogens is 1. The summed E-state index contributed by atoms with van der Waals surface area (Å²) in [5, 5.41) is 3.76. The van der Waals surface area contributed by atoms with Gasteiger partial charge >= 0.3 is 0 Å². The smallest absolute Gasteiger partial charge is 0.282 e. The van der Waals surface area contributed by atoms with E-state index in [2.05, 4.69) is 5.32 Å². The molecule has 1 aliphatic heterocycles. The number of imide groups is 1. The molecule has 1 N–H and O–H groups in total. The molecule has 0 fully saturated rings. The minimum Gasteiger partial charge on any atom is -0.350 e. The number of rotatable bonds is 4. The molecule has 0 bridgehead atoms. The maximum atomic E-state index is 13.4. The molecule has 5 heteroatoms. The lowest BCUT2D eigenvalue weighted by molar-refractivity contribution is -0.120. The molecular weight excluding hydrogens is 396 g/mol. The third-order valence-electron chi connectivity index (χ3n) is 5.29. The van der Waals surface area contributed by atoms with E-state index in [9.17, 15) is 9.59 Å².